The molecule has 5 rings (SSSR count). The standard InChI is InChI=1S/C23H15BrO4/c24-15-10-8-14(9-11-15)19-12-18-17-7-3-5-13-4-1-2-6-16(13)21(17)28-23(26)20(18)22(25)27-19/h1-2,4,6,8-12H,3,5,7H2. The maximum Gasteiger partial charge on any atom is 0.351 e. The lowest BCUT2D eigenvalue weighted by atomic mass is 9.99. The molecule has 4 aromatic rings. The normalized spacial score (nSPS) is 13.0. The predicted octanol–water partition coefficient (Wildman–Crippen LogP) is 5.33. The average Bonchev–Trinajstić information content (AvgIpc) is 2.88. The van der Waals surface area contributed by atoms with Crippen LogP contribution in [0.1, 0.15) is 17.5 Å². The number of hydrogen-bond donors (Lipinski definition) is 0. The Hall–Kier alpha value is -2.92. The molecule has 2 heterocycles. The van der Waals surface area contributed by atoms with Crippen LogP contribution in [0.5, 0.6) is 0 Å². The molecule has 138 valence electrons. The van der Waals surface area contributed by atoms with E-state index in [1.807, 2.05) is 42.5 Å². The molecule has 0 fully saturated rings. The Morgan fingerprint density at radius 1 is 0.857 bits per heavy atom. The van der Waals surface area contributed by atoms with Gasteiger partial charge in [-0.05, 0) is 43.0 Å². The highest BCUT2D eigenvalue weighted by Gasteiger charge is 2.23. The highest BCUT2D eigenvalue weighted by molar-refractivity contribution is 9.10. The van der Waals surface area contributed by atoms with Crippen LogP contribution in [0.3, 0.4) is 0 Å². The first-order chi connectivity index (χ1) is 13.6. The zero-order valence-electron chi connectivity index (χ0n) is 14.8. The van der Waals surface area contributed by atoms with Crippen molar-refractivity contribution in [3.05, 3.63) is 91.0 Å². The summed E-state index contributed by atoms with van der Waals surface area (Å²) in [5.41, 5.74) is 2.43. The SMILES string of the molecule is O=c1oc(-c2ccc(Br)cc2)cc2c3c(oc(=O)c12)-c1ccccc1CCC3. The Balaban J connectivity index is 1.85. The molecule has 0 amide bonds. The van der Waals surface area contributed by atoms with Crippen LogP contribution in [0.25, 0.3) is 33.4 Å². The van der Waals surface area contributed by atoms with Crippen molar-refractivity contribution in [1.29, 1.82) is 0 Å². The van der Waals surface area contributed by atoms with Crippen LogP contribution in [-0.2, 0) is 12.8 Å². The molecule has 2 aromatic carbocycles. The molecule has 1 aliphatic carbocycles. The Labute approximate surface area is 168 Å². The van der Waals surface area contributed by atoms with Gasteiger partial charge in [0.15, 0.2) is 5.39 Å². The van der Waals surface area contributed by atoms with E-state index >= 15 is 0 Å². The van der Waals surface area contributed by atoms with Gasteiger partial charge in [0.25, 0.3) is 0 Å². The van der Waals surface area contributed by atoms with Crippen LogP contribution in [0.4, 0.5) is 0 Å². The largest absolute Gasteiger partial charge is 0.422 e. The Bertz CT molecular complexity index is 1330. The van der Waals surface area contributed by atoms with Gasteiger partial charge in [-0.2, -0.15) is 0 Å². The van der Waals surface area contributed by atoms with Crippen LogP contribution in [0, 0.1) is 0 Å². The zero-order valence-corrected chi connectivity index (χ0v) is 16.4. The van der Waals surface area contributed by atoms with Gasteiger partial charge < -0.3 is 8.83 Å². The minimum Gasteiger partial charge on any atom is -0.422 e. The van der Waals surface area contributed by atoms with Gasteiger partial charge in [-0.15, -0.1) is 0 Å². The van der Waals surface area contributed by atoms with Crippen LogP contribution in [0.15, 0.2) is 77.5 Å². The lowest BCUT2D eigenvalue weighted by Crippen LogP contribution is -2.14. The fraction of sp³-hybridized carbons (Fsp3) is 0.130. The molecule has 0 saturated heterocycles. The van der Waals surface area contributed by atoms with E-state index in [0.29, 0.717) is 16.9 Å². The maximum atomic E-state index is 12.7. The van der Waals surface area contributed by atoms with Gasteiger partial charge in [0, 0.05) is 26.5 Å². The number of hydrogen-bond acceptors (Lipinski definition) is 4. The van der Waals surface area contributed by atoms with E-state index in [1.165, 1.54) is 0 Å². The zero-order chi connectivity index (χ0) is 19.3. The summed E-state index contributed by atoms with van der Waals surface area (Å²) in [7, 11) is 0. The summed E-state index contributed by atoms with van der Waals surface area (Å²) in [6.45, 7) is 0. The summed E-state index contributed by atoms with van der Waals surface area (Å²) in [5, 5.41) is 0.608. The summed E-state index contributed by atoms with van der Waals surface area (Å²) >= 11 is 3.41. The minimum absolute atomic E-state index is 0.0148. The number of rotatable bonds is 1. The van der Waals surface area contributed by atoms with Crippen molar-refractivity contribution >= 4 is 26.7 Å². The van der Waals surface area contributed by atoms with Gasteiger partial charge >= 0.3 is 11.3 Å². The maximum absolute atomic E-state index is 12.7. The molecule has 0 radical (unpaired) electrons. The van der Waals surface area contributed by atoms with Crippen molar-refractivity contribution in [2.75, 3.05) is 0 Å². The fourth-order valence-corrected chi connectivity index (χ4v) is 4.15. The third kappa shape index (κ3) is 2.74. The van der Waals surface area contributed by atoms with E-state index in [-0.39, 0.29) is 5.39 Å². The molecule has 1 aliphatic rings. The van der Waals surface area contributed by atoms with Crippen molar-refractivity contribution in [3.8, 4) is 22.6 Å². The van der Waals surface area contributed by atoms with Crippen molar-refractivity contribution in [2.45, 2.75) is 19.3 Å². The quantitative estimate of drug-likeness (QED) is 0.406. The Kier molecular flexibility index (Phi) is 4.05. The van der Waals surface area contributed by atoms with Gasteiger partial charge in [0.05, 0.1) is 0 Å². The smallest absolute Gasteiger partial charge is 0.351 e. The molecule has 0 saturated carbocycles. The molecule has 0 atom stereocenters. The molecule has 0 spiro atoms. The van der Waals surface area contributed by atoms with E-state index in [1.54, 1.807) is 6.07 Å². The second kappa shape index (κ2) is 6.60. The van der Waals surface area contributed by atoms with Crippen LogP contribution in [0.2, 0.25) is 0 Å². The molecule has 4 nitrogen and oxygen atoms in total. The summed E-state index contributed by atoms with van der Waals surface area (Å²) in [6.07, 6.45) is 2.55. The van der Waals surface area contributed by atoms with E-state index in [9.17, 15) is 9.59 Å². The van der Waals surface area contributed by atoms with Gasteiger partial charge in [0.1, 0.15) is 11.5 Å². The monoisotopic (exact) mass is 434 g/mol. The second-order valence-electron chi connectivity index (χ2n) is 6.90. The van der Waals surface area contributed by atoms with Gasteiger partial charge in [-0.3, -0.25) is 0 Å². The lowest BCUT2D eigenvalue weighted by molar-refractivity contribution is 0.509. The molecular formula is C23H15BrO4. The van der Waals surface area contributed by atoms with E-state index in [0.717, 1.165) is 46.0 Å². The minimum atomic E-state index is -0.662. The molecule has 2 aromatic heterocycles. The summed E-state index contributed by atoms with van der Waals surface area (Å²) in [5.74, 6) is 1.01. The fourth-order valence-electron chi connectivity index (χ4n) is 3.89. The summed E-state index contributed by atoms with van der Waals surface area (Å²) < 4.78 is 12.0. The first-order valence-corrected chi connectivity index (χ1v) is 9.89. The molecule has 28 heavy (non-hydrogen) atoms. The van der Waals surface area contributed by atoms with Crippen molar-refractivity contribution < 1.29 is 8.83 Å². The molecule has 0 N–H and O–H groups in total. The van der Waals surface area contributed by atoms with Crippen molar-refractivity contribution in [1.82, 2.24) is 0 Å². The highest BCUT2D eigenvalue weighted by atomic mass is 79.9. The van der Waals surface area contributed by atoms with E-state index in [4.69, 9.17) is 8.83 Å². The predicted molar refractivity (Wildman–Crippen MR) is 112 cm³/mol. The van der Waals surface area contributed by atoms with Gasteiger partial charge in [-0.25, -0.2) is 9.59 Å². The average molecular weight is 435 g/mol. The van der Waals surface area contributed by atoms with E-state index in [2.05, 4.69) is 22.0 Å². The lowest BCUT2D eigenvalue weighted by Gasteiger charge is -2.10. The molecule has 0 bridgehead atoms. The number of halogens is 1. The summed E-state index contributed by atoms with van der Waals surface area (Å²) in [4.78, 5) is 25.3. The third-order valence-electron chi connectivity index (χ3n) is 5.21. The Morgan fingerprint density at radius 3 is 2.43 bits per heavy atom. The van der Waals surface area contributed by atoms with Crippen LogP contribution in [-0.4, -0.2) is 0 Å². The second-order valence-corrected chi connectivity index (χ2v) is 7.82. The first kappa shape index (κ1) is 17.2. The van der Waals surface area contributed by atoms with Crippen molar-refractivity contribution in [2.24, 2.45) is 0 Å². The van der Waals surface area contributed by atoms with Gasteiger partial charge in [0.2, 0.25) is 0 Å². The van der Waals surface area contributed by atoms with E-state index < -0.39 is 11.3 Å². The third-order valence-corrected chi connectivity index (χ3v) is 5.74. The summed E-state index contributed by atoms with van der Waals surface area (Å²) in [6, 6.07) is 17.3. The molecule has 5 heteroatoms. The van der Waals surface area contributed by atoms with Crippen LogP contribution >= 0.6 is 15.9 Å². The molecular weight excluding hydrogens is 420 g/mol. The van der Waals surface area contributed by atoms with Gasteiger partial charge in [-0.1, -0.05) is 52.3 Å². The first-order valence-electron chi connectivity index (χ1n) is 9.10. The molecule has 0 unspecified atom stereocenters. The number of benzene rings is 2. The Morgan fingerprint density at radius 2 is 1.61 bits per heavy atom. The topological polar surface area (TPSA) is 60.4 Å². The number of fused-ring (bicyclic) bond motifs is 5. The highest BCUT2D eigenvalue weighted by Crippen LogP contribution is 2.35. The van der Waals surface area contributed by atoms with Crippen LogP contribution < -0.4 is 11.3 Å². The molecule has 0 aliphatic heterocycles. The van der Waals surface area contributed by atoms with Crippen molar-refractivity contribution in [3.63, 3.8) is 0 Å². The number of aryl methyl sites for hydroxylation is 2.